The molecule has 0 aliphatic heterocycles. The molecule has 0 aliphatic carbocycles. The lowest BCUT2D eigenvalue weighted by atomic mass is 10.2. The van der Waals surface area contributed by atoms with Crippen molar-refractivity contribution in [3.63, 3.8) is 0 Å². The van der Waals surface area contributed by atoms with Gasteiger partial charge in [0.25, 0.3) is 0 Å². The second-order valence-corrected chi connectivity index (χ2v) is 5.43. The normalized spacial score (nSPS) is 10.3. The Balaban J connectivity index is 2.39. The van der Waals surface area contributed by atoms with Gasteiger partial charge in [0, 0.05) is 10.5 Å². The Morgan fingerprint density at radius 1 is 1.20 bits per heavy atom. The Hall–Kier alpha value is -0.410. The maximum absolute atomic E-state index is 11.0. The van der Waals surface area contributed by atoms with E-state index in [2.05, 4.69) is 6.26 Å². The van der Waals surface area contributed by atoms with Crippen LogP contribution in [0.2, 0.25) is 0 Å². The minimum atomic E-state index is 0.133. The first kappa shape index (κ1) is 12.7. The molecule has 0 saturated carbocycles. The van der Waals surface area contributed by atoms with E-state index in [1.807, 2.05) is 47.8 Å². The SMILES string of the molecule is CSCCCSc1ccc(C(C)=O)cc1. The lowest BCUT2D eigenvalue weighted by molar-refractivity contribution is 0.101. The summed E-state index contributed by atoms with van der Waals surface area (Å²) in [5, 5.41) is 0. The number of hydrogen-bond acceptors (Lipinski definition) is 3. The molecule has 1 nitrogen and oxygen atoms in total. The van der Waals surface area contributed by atoms with E-state index in [0.717, 1.165) is 11.3 Å². The summed E-state index contributed by atoms with van der Waals surface area (Å²) >= 11 is 3.74. The smallest absolute Gasteiger partial charge is 0.159 e. The van der Waals surface area contributed by atoms with E-state index in [-0.39, 0.29) is 5.78 Å². The van der Waals surface area contributed by atoms with Crippen LogP contribution in [0, 0.1) is 0 Å². The maximum atomic E-state index is 11.0. The molecule has 1 aromatic rings. The summed E-state index contributed by atoms with van der Waals surface area (Å²) < 4.78 is 0. The van der Waals surface area contributed by atoms with Crippen LogP contribution in [0.3, 0.4) is 0 Å². The van der Waals surface area contributed by atoms with Crippen molar-refractivity contribution in [2.75, 3.05) is 17.8 Å². The van der Waals surface area contributed by atoms with Crippen molar-refractivity contribution < 1.29 is 4.79 Å². The van der Waals surface area contributed by atoms with Crippen molar-refractivity contribution in [1.82, 2.24) is 0 Å². The molecule has 0 heterocycles. The van der Waals surface area contributed by atoms with E-state index in [4.69, 9.17) is 0 Å². The van der Waals surface area contributed by atoms with Crippen LogP contribution in [0.25, 0.3) is 0 Å². The van der Waals surface area contributed by atoms with Crippen molar-refractivity contribution in [1.29, 1.82) is 0 Å². The number of benzene rings is 1. The van der Waals surface area contributed by atoms with Crippen molar-refractivity contribution in [2.45, 2.75) is 18.2 Å². The van der Waals surface area contributed by atoms with Crippen LogP contribution in [0.1, 0.15) is 23.7 Å². The Morgan fingerprint density at radius 3 is 2.40 bits per heavy atom. The largest absolute Gasteiger partial charge is 0.295 e. The zero-order valence-electron chi connectivity index (χ0n) is 9.16. The molecule has 15 heavy (non-hydrogen) atoms. The topological polar surface area (TPSA) is 17.1 Å². The quantitative estimate of drug-likeness (QED) is 0.428. The van der Waals surface area contributed by atoms with E-state index in [9.17, 15) is 4.79 Å². The van der Waals surface area contributed by atoms with Crippen LogP contribution in [-0.2, 0) is 0 Å². The summed E-state index contributed by atoms with van der Waals surface area (Å²) in [7, 11) is 0. The molecule has 0 fully saturated rings. The van der Waals surface area contributed by atoms with E-state index in [0.29, 0.717) is 0 Å². The van der Waals surface area contributed by atoms with Gasteiger partial charge in [-0.2, -0.15) is 11.8 Å². The lowest BCUT2D eigenvalue weighted by Crippen LogP contribution is -1.90. The van der Waals surface area contributed by atoms with Crippen LogP contribution in [-0.4, -0.2) is 23.5 Å². The van der Waals surface area contributed by atoms with Gasteiger partial charge in [0.15, 0.2) is 5.78 Å². The summed E-state index contributed by atoms with van der Waals surface area (Å²) in [5.41, 5.74) is 0.795. The minimum Gasteiger partial charge on any atom is -0.295 e. The molecule has 0 aliphatic rings. The molecule has 0 aromatic heterocycles. The molecule has 0 unspecified atom stereocenters. The van der Waals surface area contributed by atoms with Crippen molar-refractivity contribution in [3.8, 4) is 0 Å². The maximum Gasteiger partial charge on any atom is 0.159 e. The first-order chi connectivity index (χ1) is 7.24. The third-order valence-corrected chi connectivity index (χ3v) is 3.82. The fourth-order valence-corrected chi connectivity index (χ4v) is 2.65. The van der Waals surface area contributed by atoms with Gasteiger partial charge in [-0.15, -0.1) is 11.8 Å². The number of rotatable bonds is 6. The molecule has 82 valence electrons. The highest BCUT2D eigenvalue weighted by Crippen LogP contribution is 2.19. The van der Waals surface area contributed by atoms with E-state index >= 15 is 0 Å². The molecule has 0 saturated heterocycles. The first-order valence-corrected chi connectivity index (χ1v) is 7.34. The van der Waals surface area contributed by atoms with E-state index in [1.165, 1.54) is 17.1 Å². The van der Waals surface area contributed by atoms with Gasteiger partial charge in [-0.05, 0) is 43.2 Å². The van der Waals surface area contributed by atoms with Gasteiger partial charge in [-0.3, -0.25) is 4.79 Å². The van der Waals surface area contributed by atoms with Gasteiger partial charge >= 0.3 is 0 Å². The molecule has 0 N–H and O–H groups in total. The number of thioether (sulfide) groups is 2. The Labute approximate surface area is 100 Å². The molecule has 0 atom stereocenters. The average Bonchev–Trinajstić information content (AvgIpc) is 2.25. The standard InChI is InChI=1S/C12H16OS2/c1-10(13)11-4-6-12(7-5-11)15-9-3-8-14-2/h4-7H,3,8-9H2,1-2H3. The zero-order chi connectivity index (χ0) is 11.1. The van der Waals surface area contributed by atoms with Crippen LogP contribution in [0.4, 0.5) is 0 Å². The van der Waals surface area contributed by atoms with Crippen molar-refractivity contribution in [3.05, 3.63) is 29.8 Å². The molecular weight excluding hydrogens is 224 g/mol. The number of ketones is 1. The zero-order valence-corrected chi connectivity index (χ0v) is 10.8. The predicted molar refractivity (Wildman–Crippen MR) is 70.2 cm³/mol. The van der Waals surface area contributed by atoms with Gasteiger partial charge < -0.3 is 0 Å². The Kier molecular flexibility index (Phi) is 5.88. The summed E-state index contributed by atoms with van der Waals surface area (Å²) in [6.45, 7) is 1.60. The second kappa shape index (κ2) is 6.96. The molecule has 1 rings (SSSR count). The van der Waals surface area contributed by atoms with Gasteiger partial charge in [0.2, 0.25) is 0 Å². The van der Waals surface area contributed by atoms with Crippen LogP contribution >= 0.6 is 23.5 Å². The van der Waals surface area contributed by atoms with Crippen LogP contribution in [0.15, 0.2) is 29.2 Å². The number of hydrogen-bond donors (Lipinski definition) is 0. The average molecular weight is 240 g/mol. The molecule has 1 aromatic carbocycles. The summed E-state index contributed by atoms with van der Waals surface area (Å²) in [5.74, 6) is 2.51. The monoisotopic (exact) mass is 240 g/mol. The molecule has 0 radical (unpaired) electrons. The highest BCUT2D eigenvalue weighted by atomic mass is 32.2. The van der Waals surface area contributed by atoms with E-state index < -0.39 is 0 Å². The van der Waals surface area contributed by atoms with Gasteiger partial charge in [0.05, 0.1) is 0 Å². The summed E-state index contributed by atoms with van der Waals surface area (Å²) in [6, 6.07) is 7.86. The third-order valence-electron chi connectivity index (χ3n) is 2.02. The van der Waals surface area contributed by atoms with Gasteiger partial charge in [0.1, 0.15) is 0 Å². The van der Waals surface area contributed by atoms with Crippen molar-refractivity contribution >= 4 is 29.3 Å². The van der Waals surface area contributed by atoms with Gasteiger partial charge in [-0.25, -0.2) is 0 Å². The van der Waals surface area contributed by atoms with Crippen LogP contribution < -0.4 is 0 Å². The fourth-order valence-electron chi connectivity index (χ4n) is 1.18. The number of carbonyl (C=O) groups is 1. The number of Topliss-reactive ketones (excluding diaryl/α,β-unsaturated/α-hetero) is 1. The Morgan fingerprint density at radius 2 is 1.87 bits per heavy atom. The number of carbonyl (C=O) groups excluding carboxylic acids is 1. The minimum absolute atomic E-state index is 0.133. The molecular formula is C12H16OS2. The third kappa shape index (κ3) is 4.76. The van der Waals surface area contributed by atoms with Gasteiger partial charge in [-0.1, -0.05) is 12.1 Å². The van der Waals surface area contributed by atoms with Crippen molar-refractivity contribution in [2.24, 2.45) is 0 Å². The highest BCUT2D eigenvalue weighted by molar-refractivity contribution is 7.99. The molecule has 0 amide bonds. The predicted octanol–water partition coefficient (Wildman–Crippen LogP) is 3.73. The molecule has 0 bridgehead atoms. The first-order valence-electron chi connectivity index (χ1n) is 4.97. The van der Waals surface area contributed by atoms with Crippen LogP contribution in [0.5, 0.6) is 0 Å². The Bertz CT molecular complexity index is 306. The second-order valence-electron chi connectivity index (χ2n) is 3.28. The summed E-state index contributed by atoms with van der Waals surface area (Å²) in [4.78, 5) is 12.3. The highest BCUT2D eigenvalue weighted by Gasteiger charge is 1.99. The molecule has 0 spiro atoms. The lowest BCUT2D eigenvalue weighted by Gasteiger charge is -2.01. The van der Waals surface area contributed by atoms with E-state index in [1.54, 1.807) is 6.92 Å². The molecule has 3 heteroatoms. The fraction of sp³-hybridized carbons (Fsp3) is 0.417. The summed E-state index contributed by atoms with van der Waals surface area (Å²) in [6.07, 6.45) is 3.37.